The molecule has 2 heterocycles. The topological polar surface area (TPSA) is 85.2 Å². The summed E-state index contributed by atoms with van der Waals surface area (Å²) in [6.07, 6.45) is -4.10. The summed E-state index contributed by atoms with van der Waals surface area (Å²) in [5.41, 5.74) is 1.51. The first-order chi connectivity index (χ1) is 18.2. The molecule has 1 fully saturated rings. The van der Waals surface area contributed by atoms with E-state index in [0.29, 0.717) is 42.3 Å². The number of halogens is 5. The van der Waals surface area contributed by atoms with Crippen LogP contribution in [0.2, 0.25) is 0 Å². The number of carbonyl (C=O) groups excluding carboxylic acids is 2. The van der Waals surface area contributed by atoms with Gasteiger partial charge in [-0.1, -0.05) is 0 Å². The molecule has 0 bridgehead atoms. The van der Waals surface area contributed by atoms with Gasteiger partial charge in [-0.25, -0.2) is 13.5 Å². The van der Waals surface area contributed by atoms with Gasteiger partial charge >= 0.3 is 6.18 Å². The largest absolute Gasteiger partial charge is 0.411 e. The molecular weight excluding hydrogens is 511 g/mol. The summed E-state index contributed by atoms with van der Waals surface area (Å²) in [5.74, 6) is -0.593. The van der Waals surface area contributed by atoms with Crippen molar-refractivity contribution in [2.75, 3.05) is 25.0 Å². The third-order valence-corrected chi connectivity index (χ3v) is 5.20. The smallest absolute Gasteiger partial charge is 0.368 e. The number of aromatic nitrogens is 2. The number of hydrogen-bond acceptors (Lipinski definition) is 5. The van der Waals surface area contributed by atoms with Crippen LogP contribution in [-0.2, 0) is 20.9 Å². The first-order valence-electron chi connectivity index (χ1n) is 11.3. The van der Waals surface area contributed by atoms with Crippen molar-refractivity contribution in [1.29, 1.82) is 0 Å². The van der Waals surface area contributed by atoms with Gasteiger partial charge in [-0.3, -0.25) is 4.79 Å². The molecule has 1 aromatic heterocycles. The Morgan fingerprint density at radius 2 is 1.74 bits per heavy atom. The van der Waals surface area contributed by atoms with Gasteiger partial charge in [0.15, 0.2) is 0 Å². The van der Waals surface area contributed by atoms with E-state index < -0.39 is 31.0 Å². The average Bonchev–Trinajstić information content (AvgIpc) is 3.51. The third kappa shape index (κ3) is 8.80. The second-order valence-corrected chi connectivity index (χ2v) is 8.01. The number of ether oxygens (including phenoxy) is 1. The average molecular weight is 539 g/mol. The molecule has 12 heteroatoms. The maximum absolute atomic E-state index is 14.3. The van der Waals surface area contributed by atoms with Gasteiger partial charge in [-0.2, -0.15) is 13.2 Å². The third-order valence-electron chi connectivity index (χ3n) is 5.20. The van der Waals surface area contributed by atoms with Crippen molar-refractivity contribution in [2.45, 2.75) is 19.2 Å². The van der Waals surface area contributed by atoms with Crippen molar-refractivity contribution < 1.29 is 36.3 Å². The molecule has 3 aromatic rings. The first kappa shape index (κ1) is 30.2. The van der Waals surface area contributed by atoms with Crippen LogP contribution in [0.4, 0.5) is 27.8 Å². The number of nitrogens with zero attached hydrogens (tertiary/aromatic N) is 2. The van der Waals surface area contributed by atoms with Crippen LogP contribution < -0.4 is 10.6 Å². The molecule has 2 aromatic carbocycles. The van der Waals surface area contributed by atoms with E-state index in [1.165, 1.54) is 41.1 Å². The van der Waals surface area contributed by atoms with E-state index in [4.69, 9.17) is 4.79 Å². The van der Waals surface area contributed by atoms with Crippen LogP contribution in [0.15, 0.2) is 61.7 Å². The van der Waals surface area contributed by atoms with E-state index >= 15 is 0 Å². The van der Waals surface area contributed by atoms with E-state index in [9.17, 15) is 26.7 Å². The fourth-order valence-corrected chi connectivity index (χ4v) is 3.68. The van der Waals surface area contributed by atoms with E-state index in [0.717, 1.165) is 6.07 Å². The minimum Gasteiger partial charge on any atom is -0.368 e. The van der Waals surface area contributed by atoms with Crippen LogP contribution in [0, 0.1) is 17.6 Å². The van der Waals surface area contributed by atoms with E-state index in [2.05, 4.69) is 33.6 Å². The highest BCUT2D eigenvalue weighted by molar-refractivity contribution is 5.78. The molecular formula is C26H27F5N4O3. The highest BCUT2D eigenvalue weighted by atomic mass is 19.4. The molecule has 0 saturated carbocycles. The molecule has 2 N–H and O–H groups in total. The number of anilines is 1. The summed E-state index contributed by atoms with van der Waals surface area (Å²) < 4.78 is 71.1. The molecule has 4 rings (SSSR count). The number of amides is 1. The normalized spacial score (nSPS) is 14.6. The molecule has 1 saturated heterocycles. The number of alkyl halides is 3. The lowest BCUT2D eigenvalue weighted by Gasteiger charge is -2.11. The molecule has 1 aliphatic rings. The highest BCUT2D eigenvalue weighted by Gasteiger charge is 2.27. The standard InChI is InChI=1S/C23H21F5N4O2.C2H4.CH2O/c24-17-1-3-19(4-2-17)32-20(9-21(31-32)29-10-15-7-22(33)30-11-15)16-5-14(6-18(25)8-16)12-34-13-23(26,27)28;2*1-2/h1-6,8-9,15H,7,10-13H2,(H,29,31)(H,30,33);1-2H2;1H2/t15-;;/m1../s1. The predicted octanol–water partition coefficient (Wildman–Crippen LogP) is 5.06. The lowest BCUT2D eigenvalue weighted by Crippen LogP contribution is -2.18. The molecule has 0 radical (unpaired) electrons. The minimum atomic E-state index is -4.49. The summed E-state index contributed by atoms with van der Waals surface area (Å²) in [4.78, 5) is 19.4. The zero-order valence-corrected chi connectivity index (χ0v) is 20.4. The lowest BCUT2D eigenvalue weighted by atomic mass is 10.1. The second-order valence-electron chi connectivity index (χ2n) is 8.01. The Morgan fingerprint density at radius 1 is 1.05 bits per heavy atom. The quantitative estimate of drug-likeness (QED) is 0.309. The molecule has 7 nitrogen and oxygen atoms in total. The van der Waals surface area contributed by atoms with Crippen LogP contribution in [0.5, 0.6) is 0 Å². The summed E-state index contributed by atoms with van der Waals surface area (Å²) >= 11 is 0. The van der Waals surface area contributed by atoms with Crippen molar-refractivity contribution in [3.8, 4) is 16.9 Å². The van der Waals surface area contributed by atoms with Crippen LogP contribution in [0.3, 0.4) is 0 Å². The SMILES string of the molecule is C=C.C=O.O=C1C[C@H](CNc2cc(-c3cc(F)cc(COCC(F)(F)F)c3)n(-c3ccc(F)cc3)n2)CN1. The van der Waals surface area contributed by atoms with E-state index in [-0.39, 0.29) is 17.4 Å². The van der Waals surface area contributed by atoms with Gasteiger partial charge < -0.3 is 20.2 Å². The van der Waals surface area contributed by atoms with Gasteiger partial charge in [-0.15, -0.1) is 18.3 Å². The Morgan fingerprint density at radius 3 is 2.34 bits per heavy atom. The summed E-state index contributed by atoms with van der Waals surface area (Å²) in [5, 5.41) is 10.4. The highest BCUT2D eigenvalue weighted by Crippen LogP contribution is 2.29. The van der Waals surface area contributed by atoms with Gasteiger partial charge in [0.05, 0.1) is 18.0 Å². The predicted molar refractivity (Wildman–Crippen MR) is 133 cm³/mol. The maximum atomic E-state index is 14.3. The molecule has 1 atom stereocenters. The van der Waals surface area contributed by atoms with Gasteiger partial charge in [0, 0.05) is 37.1 Å². The minimum absolute atomic E-state index is 0.0237. The van der Waals surface area contributed by atoms with E-state index in [1.807, 2.05) is 6.79 Å². The van der Waals surface area contributed by atoms with Crippen molar-refractivity contribution in [1.82, 2.24) is 15.1 Å². The number of nitrogens with one attached hydrogen (secondary N) is 2. The summed E-state index contributed by atoms with van der Waals surface area (Å²) in [6, 6.07) is 11.0. The molecule has 1 amide bonds. The number of rotatable bonds is 8. The molecule has 0 unspecified atom stereocenters. The lowest BCUT2D eigenvalue weighted by molar-refractivity contribution is -0.176. The van der Waals surface area contributed by atoms with Gasteiger partial charge in [0.2, 0.25) is 5.91 Å². The Hall–Kier alpha value is -4.06. The second kappa shape index (κ2) is 14.0. The van der Waals surface area contributed by atoms with Crippen molar-refractivity contribution in [3.05, 3.63) is 78.9 Å². The maximum Gasteiger partial charge on any atom is 0.411 e. The Labute approximate surface area is 216 Å². The molecule has 204 valence electrons. The zero-order chi connectivity index (χ0) is 28.3. The fraction of sp³-hybridized carbons (Fsp3) is 0.269. The Balaban J connectivity index is 0.00000121. The molecule has 1 aliphatic heterocycles. The summed E-state index contributed by atoms with van der Waals surface area (Å²) in [6.45, 7) is 7.14. The Bertz CT molecular complexity index is 1200. The number of benzene rings is 2. The van der Waals surface area contributed by atoms with Gasteiger partial charge in [0.1, 0.15) is 30.8 Å². The van der Waals surface area contributed by atoms with Crippen LogP contribution in [0.1, 0.15) is 12.0 Å². The fourth-order valence-electron chi connectivity index (χ4n) is 3.68. The zero-order valence-electron chi connectivity index (χ0n) is 20.4. The number of hydrogen-bond donors (Lipinski definition) is 2. The molecule has 38 heavy (non-hydrogen) atoms. The molecule has 0 aliphatic carbocycles. The van der Waals surface area contributed by atoms with Crippen LogP contribution in [-0.4, -0.2) is 48.3 Å². The first-order valence-corrected chi connectivity index (χ1v) is 11.3. The van der Waals surface area contributed by atoms with Gasteiger partial charge in [0.25, 0.3) is 0 Å². The van der Waals surface area contributed by atoms with Crippen LogP contribution in [0.25, 0.3) is 16.9 Å². The van der Waals surface area contributed by atoms with Crippen molar-refractivity contribution in [3.63, 3.8) is 0 Å². The molecule has 0 spiro atoms. The van der Waals surface area contributed by atoms with Crippen molar-refractivity contribution in [2.24, 2.45) is 5.92 Å². The van der Waals surface area contributed by atoms with Gasteiger partial charge in [-0.05, 0) is 48.0 Å². The van der Waals surface area contributed by atoms with E-state index in [1.54, 1.807) is 6.07 Å². The monoisotopic (exact) mass is 538 g/mol. The number of carbonyl (C=O) groups is 2. The summed E-state index contributed by atoms with van der Waals surface area (Å²) in [7, 11) is 0. The van der Waals surface area contributed by atoms with Crippen LogP contribution >= 0.6 is 0 Å². The Kier molecular flexibility index (Phi) is 11.1. The van der Waals surface area contributed by atoms with Crippen molar-refractivity contribution >= 4 is 18.5 Å².